The maximum atomic E-state index is 14.5. The number of esters is 1. The van der Waals surface area contributed by atoms with Crippen LogP contribution in [-0.2, 0) is 9.53 Å². The third kappa shape index (κ3) is 5.94. The fourth-order valence-corrected chi connectivity index (χ4v) is 3.72. The molecule has 0 aliphatic heterocycles. The van der Waals surface area contributed by atoms with E-state index in [-0.39, 0.29) is 34.6 Å². The number of benzene rings is 1. The molecule has 8 heteroatoms. The number of halogens is 2. The molecule has 0 fully saturated rings. The minimum atomic E-state index is -0.787. The molecule has 0 bridgehead atoms. The van der Waals surface area contributed by atoms with Crippen LogP contribution in [0.15, 0.2) is 30.5 Å². The Labute approximate surface area is 186 Å². The van der Waals surface area contributed by atoms with Gasteiger partial charge in [0.05, 0.1) is 13.0 Å². The van der Waals surface area contributed by atoms with Crippen LogP contribution < -0.4 is 4.74 Å². The topological polar surface area (TPSA) is 85.7 Å². The van der Waals surface area contributed by atoms with Crippen molar-refractivity contribution < 1.29 is 28.6 Å². The van der Waals surface area contributed by atoms with Crippen molar-refractivity contribution in [1.29, 1.82) is 0 Å². The normalized spacial score (nSPS) is 14.1. The zero-order chi connectivity index (χ0) is 23.3. The van der Waals surface area contributed by atoms with Gasteiger partial charge in [0.2, 0.25) is 0 Å². The van der Waals surface area contributed by atoms with Gasteiger partial charge in [-0.1, -0.05) is 38.4 Å². The van der Waals surface area contributed by atoms with Crippen LogP contribution in [-0.4, -0.2) is 35.1 Å². The van der Waals surface area contributed by atoms with Crippen molar-refractivity contribution in [3.63, 3.8) is 0 Å². The minimum absolute atomic E-state index is 0.0201. The Bertz CT molecular complexity index is 950. The summed E-state index contributed by atoms with van der Waals surface area (Å²) in [5.41, 5.74) is 0.240. The van der Waals surface area contributed by atoms with Gasteiger partial charge in [0.25, 0.3) is 0 Å². The largest absolute Gasteiger partial charge is 0.503 e. The van der Waals surface area contributed by atoms with Gasteiger partial charge in [-0.3, -0.25) is 9.59 Å². The molecule has 3 atom stereocenters. The molecule has 2 rings (SSSR count). The number of hydrogen-bond donors (Lipinski definition) is 1. The third-order valence-electron chi connectivity index (χ3n) is 5.11. The lowest BCUT2D eigenvalue weighted by Crippen LogP contribution is -2.30. The van der Waals surface area contributed by atoms with Crippen molar-refractivity contribution in [1.82, 2.24) is 4.98 Å². The van der Waals surface area contributed by atoms with E-state index in [0.29, 0.717) is 5.56 Å². The van der Waals surface area contributed by atoms with E-state index in [1.165, 1.54) is 25.4 Å². The molecule has 31 heavy (non-hydrogen) atoms. The number of nitrogens with zero attached hydrogens (tertiary/aromatic N) is 1. The van der Waals surface area contributed by atoms with E-state index < -0.39 is 35.5 Å². The Morgan fingerprint density at radius 1 is 1.19 bits per heavy atom. The number of methoxy groups -OCH3 is 1. The van der Waals surface area contributed by atoms with Crippen molar-refractivity contribution in [2.75, 3.05) is 7.11 Å². The number of Topliss-reactive ketones (excluding diaryl/α,β-unsaturated/α-hetero) is 1. The van der Waals surface area contributed by atoms with Crippen LogP contribution in [0.1, 0.15) is 56.1 Å². The lowest BCUT2D eigenvalue weighted by Gasteiger charge is -2.29. The zero-order valence-corrected chi connectivity index (χ0v) is 18.9. The highest BCUT2D eigenvalue weighted by atomic mass is 35.5. The summed E-state index contributed by atoms with van der Waals surface area (Å²) in [6, 6.07) is 5.85. The first-order chi connectivity index (χ1) is 14.6. The van der Waals surface area contributed by atoms with Gasteiger partial charge in [-0.05, 0) is 30.5 Å². The molecule has 1 aromatic carbocycles. The van der Waals surface area contributed by atoms with Crippen molar-refractivity contribution in [2.45, 2.75) is 46.1 Å². The first-order valence-corrected chi connectivity index (χ1v) is 10.3. The van der Waals surface area contributed by atoms with Gasteiger partial charge in [-0.25, -0.2) is 9.37 Å². The number of carbonyl (C=O) groups excluding carboxylic acids is 2. The highest BCUT2D eigenvalue weighted by Gasteiger charge is 2.31. The Kier molecular flexibility index (Phi) is 8.39. The van der Waals surface area contributed by atoms with Crippen LogP contribution in [0.4, 0.5) is 4.39 Å². The highest BCUT2D eigenvalue weighted by molar-refractivity contribution is 6.30. The maximum absolute atomic E-state index is 14.5. The SMILES string of the molecule is COc1ccnc(C(=O)C[C@@H](C)C(=O)O[C@@H](C)[C@H](c2ccc(Cl)cc2F)C(C)C)c1O. The van der Waals surface area contributed by atoms with Crippen molar-refractivity contribution in [3.05, 3.63) is 52.6 Å². The van der Waals surface area contributed by atoms with Gasteiger partial charge in [0.15, 0.2) is 23.0 Å². The second kappa shape index (κ2) is 10.6. The number of rotatable bonds is 9. The number of hydrogen-bond acceptors (Lipinski definition) is 6. The molecule has 0 aliphatic carbocycles. The molecule has 0 saturated carbocycles. The van der Waals surface area contributed by atoms with Crippen LogP contribution in [0.2, 0.25) is 5.02 Å². The average Bonchev–Trinajstić information content (AvgIpc) is 2.69. The van der Waals surface area contributed by atoms with Crippen LogP contribution in [0, 0.1) is 17.7 Å². The molecule has 6 nitrogen and oxygen atoms in total. The van der Waals surface area contributed by atoms with Crippen LogP contribution >= 0.6 is 11.6 Å². The smallest absolute Gasteiger partial charge is 0.309 e. The molecule has 0 aliphatic rings. The van der Waals surface area contributed by atoms with E-state index in [9.17, 15) is 19.1 Å². The number of pyridine rings is 1. The van der Waals surface area contributed by atoms with Gasteiger partial charge in [0, 0.05) is 29.6 Å². The lowest BCUT2D eigenvalue weighted by atomic mass is 9.84. The fourth-order valence-electron chi connectivity index (χ4n) is 3.56. The second-order valence-corrected chi connectivity index (χ2v) is 8.25. The predicted octanol–water partition coefficient (Wildman–Crippen LogP) is 5.17. The molecule has 168 valence electrons. The van der Waals surface area contributed by atoms with E-state index in [1.54, 1.807) is 26.0 Å². The number of ether oxygens (including phenoxy) is 2. The Morgan fingerprint density at radius 2 is 1.87 bits per heavy atom. The van der Waals surface area contributed by atoms with Gasteiger partial charge >= 0.3 is 5.97 Å². The van der Waals surface area contributed by atoms with E-state index in [0.717, 1.165) is 0 Å². The van der Waals surface area contributed by atoms with Gasteiger partial charge in [-0.2, -0.15) is 0 Å². The molecular formula is C23H27ClFNO5. The number of aromatic hydroxyl groups is 1. The van der Waals surface area contributed by atoms with E-state index in [2.05, 4.69) is 4.98 Å². The summed E-state index contributed by atoms with van der Waals surface area (Å²) in [5, 5.41) is 10.4. The summed E-state index contributed by atoms with van der Waals surface area (Å²) < 4.78 is 25.0. The molecule has 0 radical (unpaired) electrons. The van der Waals surface area contributed by atoms with Crippen LogP contribution in [0.5, 0.6) is 11.5 Å². The Hall–Kier alpha value is -2.67. The Morgan fingerprint density at radius 3 is 2.45 bits per heavy atom. The first-order valence-electron chi connectivity index (χ1n) is 9.97. The first kappa shape index (κ1) is 24.6. The molecule has 0 spiro atoms. The maximum Gasteiger partial charge on any atom is 0.309 e. The Balaban J connectivity index is 2.11. The van der Waals surface area contributed by atoms with Gasteiger partial charge < -0.3 is 14.6 Å². The summed E-state index contributed by atoms with van der Waals surface area (Å²) in [6.07, 6.45) is 0.496. The third-order valence-corrected chi connectivity index (χ3v) is 5.35. The molecule has 1 heterocycles. The highest BCUT2D eigenvalue weighted by Crippen LogP contribution is 2.33. The van der Waals surface area contributed by atoms with Crippen LogP contribution in [0.25, 0.3) is 0 Å². The van der Waals surface area contributed by atoms with Crippen molar-refractivity contribution >= 4 is 23.4 Å². The number of carbonyl (C=O) groups is 2. The summed E-state index contributed by atoms with van der Waals surface area (Å²) in [7, 11) is 1.36. The molecule has 2 aromatic rings. The quantitative estimate of drug-likeness (QED) is 0.418. The summed E-state index contributed by atoms with van der Waals surface area (Å²) in [6.45, 7) is 7.07. The predicted molar refractivity (Wildman–Crippen MR) is 115 cm³/mol. The standard InChI is InChI=1S/C23H27ClFNO5/c1-12(2)20(16-7-6-15(24)11-17(16)25)14(4)31-23(29)13(3)10-18(27)21-22(28)19(30-5)8-9-26-21/h6-9,11-14,20,28H,10H2,1-5H3/t13-,14+,20-/m1/s1. The lowest BCUT2D eigenvalue weighted by molar-refractivity contribution is -0.154. The molecule has 0 amide bonds. The van der Waals surface area contributed by atoms with E-state index >= 15 is 0 Å². The summed E-state index contributed by atoms with van der Waals surface area (Å²) >= 11 is 5.85. The van der Waals surface area contributed by atoms with Crippen molar-refractivity contribution in [2.24, 2.45) is 11.8 Å². The van der Waals surface area contributed by atoms with E-state index in [4.69, 9.17) is 21.1 Å². The molecule has 1 N–H and O–H groups in total. The van der Waals surface area contributed by atoms with Gasteiger partial charge in [0.1, 0.15) is 11.9 Å². The van der Waals surface area contributed by atoms with Crippen molar-refractivity contribution in [3.8, 4) is 11.5 Å². The van der Waals surface area contributed by atoms with Gasteiger partial charge in [-0.15, -0.1) is 0 Å². The van der Waals surface area contributed by atoms with E-state index in [1.807, 2.05) is 13.8 Å². The molecule has 0 unspecified atom stereocenters. The summed E-state index contributed by atoms with van der Waals surface area (Å²) in [4.78, 5) is 29.0. The van der Waals surface area contributed by atoms with Crippen LogP contribution in [0.3, 0.4) is 0 Å². The number of aromatic nitrogens is 1. The fraction of sp³-hybridized carbons (Fsp3) is 0.435. The zero-order valence-electron chi connectivity index (χ0n) is 18.2. The molecular weight excluding hydrogens is 425 g/mol. The summed E-state index contributed by atoms with van der Waals surface area (Å²) in [5.74, 6) is -3.03. The minimum Gasteiger partial charge on any atom is -0.503 e. The molecule has 1 aromatic heterocycles. The second-order valence-electron chi connectivity index (χ2n) is 7.82. The number of ketones is 1. The average molecular weight is 452 g/mol. The monoisotopic (exact) mass is 451 g/mol. The molecule has 0 saturated heterocycles.